The number of hydrogen-bond donors (Lipinski definition) is 2. The lowest BCUT2D eigenvalue weighted by Gasteiger charge is -2.12. The van der Waals surface area contributed by atoms with Crippen molar-refractivity contribution in [3.05, 3.63) is 35.4 Å². The summed E-state index contributed by atoms with van der Waals surface area (Å²) in [7, 11) is 1.35. The van der Waals surface area contributed by atoms with E-state index in [9.17, 15) is 4.79 Å². The van der Waals surface area contributed by atoms with Gasteiger partial charge in [-0.3, -0.25) is 4.79 Å². The van der Waals surface area contributed by atoms with Crippen LogP contribution < -0.4 is 5.73 Å². The zero-order valence-electron chi connectivity index (χ0n) is 11.7. The van der Waals surface area contributed by atoms with Gasteiger partial charge in [-0.1, -0.05) is 31.2 Å². The number of carbonyl (C=O) groups is 1. The van der Waals surface area contributed by atoms with Crippen LogP contribution in [0.1, 0.15) is 36.6 Å². The molecule has 3 N–H and O–H groups in total. The first-order chi connectivity index (χ1) is 9.08. The predicted octanol–water partition coefficient (Wildman–Crippen LogP) is 3.12. The van der Waals surface area contributed by atoms with Gasteiger partial charge in [0.25, 0.3) is 0 Å². The second-order valence-electron chi connectivity index (χ2n) is 3.79. The third kappa shape index (κ3) is 7.64. The lowest BCUT2D eigenvalue weighted by molar-refractivity contribution is -0.137. The number of nitrogens with two attached hydrogens (primary N) is 1. The summed E-state index contributed by atoms with van der Waals surface area (Å²) < 4.78 is 4.11. The molecular formula is C14H22N2O2S. The molecule has 19 heavy (non-hydrogen) atoms. The maximum absolute atomic E-state index is 9.59. The zero-order chi connectivity index (χ0) is 14.7. The van der Waals surface area contributed by atoms with Crippen molar-refractivity contribution in [3.8, 4) is 0 Å². The van der Waals surface area contributed by atoms with Crippen LogP contribution in [0.4, 0.5) is 0 Å². The molecule has 0 saturated heterocycles. The highest BCUT2D eigenvalue weighted by Crippen LogP contribution is 2.30. The van der Waals surface area contributed by atoms with Crippen molar-refractivity contribution in [2.24, 2.45) is 5.73 Å². The fourth-order valence-electron chi connectivity index (χ4n) is 1.36. The zero-order valence-corrected chi connectivity index (χ0v) is 12.5. The van der Waals surface area contributed by atoms with Crippen LogP contribution in [0.5, 0.6) is 0 Å². The molecule has 5 heteroatoms. The molecule has 0 bridgehead atoms. The highest BCUT2D eigenvalue weighted by atomic mass is 32.2. The van der Waals surface area contributed by atoms with Gasteiger partial charge < -0.3 is 15.9 Å². The molecule has 1 atom stereocenters. The van der Waals surface area contributed by atoms with Gasteiger partial charge in [-0.2, -0.15) is 0 Å². The monoisotopic (exact) mass is 282 g/mol. The largest absolute Gasteiger partial charge is 0.469 e. The van der Waals surface area contributed by atoms with E-state index in [-0.39, 0.29) is 5.97 Å². The fourth-order valence-corrected chi connectivity index (χ4v) is 2.03. The molecule has 0 aromatic heterocycles. The van der Waals surface area contributed by atoms with Crippen molar-refractivity contribution >= 4 is 23.3 Å². The maximum Gasteiger partial charge on any atom is 0.302 e. The minimum Gasteiger partial charge on any atom is -0.469 e. The average molecular weight is 282 g/mol. The molecule has 1 unspecified atom stereocenters. The lowest BCUT2D eigenvalue weighted by Crippen LogP contribution is -1.97. The van der Waals surface area contributed by atoms with Crippen molar-refractivity contribution in [3.63, 3.8) is 0 Å². The van der Waals surface area contributed by atoms with E-state index in [0.717, 1.165) is 12.0 Å². The Labute approximate surface area is 119 Å². The van der Waals surface area contributed by atoms with Crippen molar-refractivity contribution < 1.29 is 9.53 Å². The third-order valence-corrected chi connectivity index (χ3v) is 3.55. The summed E-state index contributed by atoms with van der Waals surface area (Å²) in [6.45, 7) is 4.09. The number of nitrogens with one attached hydrogen (secondary N) is 1. The number of hydrogen-bond acceptors (Lipinski definition) is 5. The SMILES string of the molecule is CCC(SC=N)c1ccc(CN)cc1.COC(C)=O. The van der Waals surface area contributed by atoms with Gasteiger partial charge in [0.15, 0.2) is 0 Å². The molecule has 0 spiro atoms. The van der Waals surface area contributed by atoms with Gasteiger partial charge >= 0.3 is 5.97 Å². The highest BCUT2D eigenvalue weighted by Gasteiger charge is 2.07. The first-order valence-corrected chi connectivity index (χ1v) is 7.01. The minimum absolute atomic E-state index is 0.245. The van der Waals surface area contributed by atoms with Crippen LogP contribution in [0.15, 0.2) is 24.3 Å². The molecule has 1 aromatic rings. The molecule has 1 rings (SSSR count). The van der Waals surface area contributed by atoms with Gasteiger partial charge in [0.05, 0.1) is 12.7 Å². The first kappa shape index (κ1) is 17.7. The average Bonchev–Trinajstić information content (AvgIpc) is 2.45. The normalized spacial score (nSPS) is 10.9. The van der Waals surface area contributed by atoms with E-state index in [1.165, 1.54) is 25.1 Å². The number of thioether (sulfide) groups is 1. The van der Waals surface area contributed by atoms with Crippen molar-refractivity contribution in [2.45, 2.75) is 32.1 Å². The molecule has 0 radical (unpaired) electrons. The molecular weight excluding hydrogens is 260 g/mol. The molecule has 106 valence electrons. The van der Waals surface area contributed by atoms with Gasteiger partial charge in [0.2, 0.25) is 0 Å². The number of methoxy groups -OCH3 is 1. The maximum atomic E-state index is 9.59. The standard InChI is InChI=1S/C11H16N2S.C3H6O2/c1-2-11(14-8-13)10-5-3-9(7-12)4-6-10;1-3(4)5-2/h3-6,8,11,13H,2,7,12H2,1H3;1-2H3. The Balaban J connectivity index is 0.000000555. The number of benzene rings is 1. The Morgan fingerprint density at radius 3 is 2.32 bits per heavy atom. The fraction of sp³-hybridized carbons (Fsp3) is 0.429. The number of esters is 1. The van der Waals surface area contributed by atoms with Crippen molar-refractivity contribution in [1.29, 1.82) is 5.41 Å². The quantitative estimate of drug-likeness (QED) is 0.494. The van der Waals surface area contributed by atoms with E-state index in [2.05, 4.69) is 35.9 Å². The number of rotatable bonds is 5. The summed E-state index contributed by atoms with van der Waals surface area (Å²) in [5.74, 6) is -0.245. The summed E-state index contributed by atoms with van der Waals surface area (Å²) in [6.07, 6.45) is 1.04. The van der Waals surface area contributed by atoms with Crippen LogP contribution >= 0.6 is 11.8 Å². The van der Waals surface area contributed by atoms with E-state index in [1.807, 2.05) is 0 Å². The van der Waals surface area contributed by atoms with Gasteiger partial charge in [-0.15, -0.1) is 11.8 Å². The predicted molar refractivity (Wildman–Crippen MR) is 81.4 cm³/mol. The summed E-state index contributed by atoms with van der Waals surface area (Å²) in [5.41, 5.74) is 9.37. The van der Waals surface area contributed by atoms with Crippen LogP contribution in [0.2, 0.25) is 0 Å². The Morgan fingerprint density at radius 1 is 1.47 bits per heavy atom. The highest BCUT2D eigenvalue weighted by molar-refractivity contribution is 8.12. The van der Waals surface area contributed by atoms with Crippen molar-refractivity contribution in [2.75, 3.05) is 7.11 Å². The summed E-state index contributed by atoms with van der Waals surface area (Å²) >= 11 is 1.55. The first-order valence-electron chi connectivity index (χ1n) is 6.06. The van der Waals surface area contributed by atoms with Crippen LogP contribution in [-0.2, 0) is 16.1 Å². The molecule has 4 nitrogen and oxygen atoms in total. The number of carbonyl (C=O) groups excluding carboxylic acids is 1. The Kier molecular flexibility index (Phi) is 9.84. The molecule has 0 aliphatic heterocycles. The van der Waals surface area contributed by atoms with Gasteiger partial charge in [-0.25, -0.2) is 0 Å². The van der Waals surface area contributed by atoms with E-state index >= 15 is 0 Å². The van der Waals surface area contributed by atoms with E-state index in [4.69, 9.17) is 11.1 Å². The Morgan fingerprint density at radius 2 is 2.00 bits per heavy atom. The smallest absolute Gasteiger partial charge is 0.302 e. The van der Waals surface area contributed by atoms with Crippen LogP contribution in [0, 0.1) is 5.41 Å². The molecule has 1 aromatic carbocycles. The van der Waals surface area contributed by atoms with E-state index < -0.39 is 0 Å². The molecule has 0 aliphatic carbocycles. The van der Waals surface area contributed by atoms with Crippen LogP contribution in [-0.4, -0.2) is 18.6 Å². The summed E-state index contributed by atoms with van der Waals surface area (Å²) in [6, 6.07) is 8.32. The van der Waals surface area contributed by atoms with Gasteiger partial charge in [0, 0.05) is 18.7 Å². The summed E-state index contributed by atoms with van der Waals surface area (Å²) in [5, 5.41) is 7.48. The molecule has 0 amide bonds. The minimum atomic E-state index is -0.245. The molecule has 0 heterocycles. The lowest BCUT2D eigenvalue weighted by atomic mass is 10.1. The van der Waals surface area contributed by atoms with Gasteiger partial charge in [0.1, 0.15) is 0 Å². The second-order valence-corrected chi connectivity index (χ2v) is 4.87. The topological polar surface area (TPSA) is 76.2 Å². The molecule has 0 aliphatic rings. The van der Waals surface area contributed by atoms with E-state index in [1.54, 1.807) is 11.8 Å². The third-order valence-electron chi connectivity index (χ3n) is 2.48. The van der Waals surface area contributed by atoms with Gasteiger partial charge in [-0.05, 0) is 17.5 Å². The van der Waals surface area contributed by atoms with E-state index in [0.29, 0.717) is 11.8 Å². The molecule has 0 fully saturated rings. The number of ether oxygens (including phenoxy) is 1. The second kappa shape index (κ2) is 10.6. The Hall–Kier alpha value is -1.33. The van der Waals surface area contributed by atoms with Crippen LogP contribution in [0.25, 0.3) is 0 Å². The Bertz CT molecular complexity index is 380. The van der Waals surface area contributed by atoms with Crippen LogP contribution in [0.3, 0.4) is 0 Å². The summed E-state index contributed by atoms with van der Waals surface area (Å²) in [4.78, 5) is 9.59. The van der Waals surface area contributed by atoms with Crippen molar-refractivity contribution in [1.82, 2.24) is 0 Å². The molecule has 0 saturated carbocycles.